The van der Waals surface area contributed by atoms with Crippen molar-refractivity contribution in [3.63, 3.8) is 0 Å². The van der Waals surface area contributed by atoms with Gasteiger partial charge in [-0.05, 0) is 41.3 Å². The standard InChI is InChI=1S/C19H13ClN4O2S2/c20-14-5-9-15(10-6-14)23-18(17-2-1-11-27-17)21-22-19(23)28-12-13-3-7-16(8-4-13)24(25)26/h1-11H,12H2. The molecule has 9 heteroatoms. The van der Waals surface area contributed by atoms with Crippen molar-refractivity contribution >= 4 is 40.4 Å². The van der Waals surface area contributed by atoms with Crippen molar-refractivity contribution in [3.05, 3.63) is 86.7 Å². The van der Waals surface area contributed by atoms with Gasteiger partial charge in [0.1, 0.15) is 0 Å². The van der Waals surface area contributed by atoms with E-state index in [1.165, 1.54) is 23.9 Å². The van der Waals surface area contributed by atoms with Gasteiger partial charge in [-0.3, -0.25) is 14.7 Å². The van der Waals surface area contributed by atoms with Crippen molar-refractivity contribution in [2.45, 2.75) is 10.9 Å². The normalized spacial score (nSPS) is 10.9. The monoisotopic (exact) mass is 428 g/mol. The maximum absolute atomic E-state index is 10.8. The van der Waals surface area contributed by atoms with Gasteiger partial charge in [0, 0.05) is 28.6 Å². The molecule has 2 aromatic carbocycles. The molecule has 2 aromatic heterocycles. The molecule has 0 bridgehead atoms. The number of nitro benzene ring substituents is 1. The van der Waals surface area contributed by atoms with Gasteiger partial charge in [-0.15, -0.1) is 21.5 Å². The Morgan fingerprint density at radius 2 is 1.82 bits per heavy atom. The lowest BCUT2D eigenvalue weighted by molar-refractivity contribution is -0.384. The molecule has 6 nitrogen and oxygen atoms in total. The molecule has 0 aliphatic rings. The fraction of sp³-hybridized carbons (Fsp3) is 0.0526. The number of rotatable bonds is 6. The van der Waals surface area contributed by atoms with Crippen LogP contribution in [-0.4, -0.2) is 19.7 Å². The van der Waals surface area contributed by atoms with Crippen molar-refractivity contribution in [3.8, 4) is 16.4 Å². The van der Waals surface area contributed by atoms with Gasteiger partial charge < -0.3 is 0 Å². The van der Waals surface area contributed by atoms with Crippen LogP contribution < -0.4 is 0 Å². The van der Waals surface area contributed by atoms with Gasteiger partial charge in [0.2, 0.25) is 0 Å². The van der Waals surface area contributed by atoms with Gasteiger partial charge in [0.15, 0.2) is 11.0 Å². The number of hydrogen-bond donors (Lipinski definition) is 0. The minimum Gasteiger partial charge on any atom is -0.269 e. The maximum atomic E-state index is 10.8. The molecule has 0 unspecified atom stereocenters. The molecular formula is C19H13ClN4O2S2. The molecule has 0 atom stereocenters. The Balaban J connectivity index is 1.65. The third kappa shape index (κ3) is 3.94. The van der Waals surface area contributed by atoms with Crippen LogP contribution in [0.25, 0.3) is 16.4 Å². The zero-order chi connectivity index (χ0) is 19.5. The summed E-state index contributed by atoms with van der Waals surface area (Å²) >= 11 is 9.16. The molecular weight excluding hydrogens is 416 g/mol. The average molecular weight is 429 g/mol. The first-order valence-electron chi connectivity index (χ1n) is 8.23. The van der Waals surface area contributed by atoms with Crippen molar-refractivity contribution < 1.29 is 4.92 Å². The van der Waals surface area contributed by atoms with Crippen LogP contribution in [0.2, 0.25) is 5.02 Å². The van der Waals surface area contributed by atoms with Gasteiger partial charge in [0.25, 0.3) is 5.69 Å². The largest absolute Gasteiger partial charge is 0.269 e. The lowest BCUT2D eigenvalue weighted by atomic mass is 10.2. The highest BCUT2D eigenvalue weighted by Gasteiger charge is 2.17. The average Bonchev–Trinajstić information content (AvgIpc) is 3.37. The molecule has 0 saturated heterocycles. The Hall–Kier alpha value is -2.68. The number of nitrogens with zero attached hydrogens (tertiary/aromatic N) is 4. The van der Waals surface area contributed by atoms with Crippen LogP contribution in [0.1, 0.15) is 5.56 Å². The molecule has 0 N–H and O–H groups in total. The quantitative estimate of drug-likeness (QED) is 0.219. The van der Waals surface area contributed by atoms with E-state index in [1.54, 1.807) is 23.5 Å². The van der Waals surface area contributed by atoms with E-state index in [-0.39, 0.29) is 5.69 Å². The summed E-state index contributed by atoms with van der Waals surface area (Å²) in [5.74, 6) is 1.39. The highest BCUT2D eigenvalue weighted by molar-refractivity contribution is 7.98. The molecule has 0 aliphatic carbocycles. The van der Waals surface area contributed by atoms with E-state index in [4.69, 9.17) is 11.6 Å². The summed E-state index contributed by atoms with van der Waals surface area (Å²) in [6, 6.07) is 18.0. The van der Waals surface area contributed by atoms with Crippen LogP contribution in [-0.2, 0) is 5.75 Å². The summed E-state index contributed by atoms with van der Waals surface area (Å²) in [4.78, 5) is 11.4. The van der Waals surface area contributed by atoms with Crippen LogP contribution in [0.4, 0.5) is 5.69 Å². The number of aromatic nitrogens is 3. The van der Waals surface area contributed by atoms with Gasteiger partial charge in [0.05, 0.1) is 9.80 Å². The fourth-order valence-corrected chi connectivity index (χ4v) is 4.35. The molecule has 0 spiro atoms. The summed E-state index contributed by atoms with van der Waals surface area (Å²) in [5, 5.41) is 23.0. The minimum absolute atomic E-state index is 0.0815. The zero-order valence-electron chi connectivity index (χ0n) is 14.4. The number of hydrogen-bond acceptors (Lipinski definition) is 6. The highest BCUT2D eigenvalue weighted by Crippen LogP contribution is 2.32. The first kappa shape index (κ1) is 18.7. The minimum atomic E-state index is -0.401. The van der Waals surface area contributed by atoms with Crippen molar-refractivity contribution in [2.75, 3.05) is 0 Å². The Morgan fingerprint density at radius 1 is 1.07 bits per heavy atom. The topological polar surface area (TPSA) is 73.8 Å². The molecule has 0 aliphatic heterocycles. The van der Waals surface area contributed by atoms with Crippen LogP contribution in [0.3, 0.4) is 0 Å². The Kier molecular flexibility index (Phi) is 5.43. The number of non-ortho nitro benzene ring substituents is 1. The molecule has 4 rings (SSSR count). The second kappa shape index (κ2) is 8.14. The van der Waals surface area contributed by atoms with Gasteiger partial charge in [-0.1, -0.05) is 41.6 Å². The molecule has 0 radical (unpaired) electrons. The molecule has 2 heterocycles. The Morgan fingerprint density at radius 3 is 2.46 bits per heavy atom. The van der Waals surface area contributed by atoms with E-state index in [9.17, 15) is 10.1 Å². The van der Waals surface area contributed by atoms with E-state index in [0.717, 1.165) is 27.1 Å². The Labute approximate surface area is 174 Å². The predicted octanol–water partition coefficient (Wildman–Crippen LogP) is 5.85. The maximum Gasteiger partial charge on any atom is 0.269 e. The predicted molar refractivity (Wildman–Crippen MR) is 112 cm³/mol. The van der Waals surface area contributed by atoms with Crippen LogP contribution >= 0.6 is 34.7 Å². The zero-order valence-corrected chi connectivity index (χ0v) is 16.7. The third-order valence-electron chi connectivity index (χ3n) is 3.97. The first-order valence-corrected chi connectivity index (χ1v) is 10.5. The number of halogens is 1. The van der Waals surface area contributed by atoms with Crippen molar-refractivity contribution in [1.29, 1.82) is 0 Å². The highest BCUT2D eigenvalue weighted by atomic mass is 35.5. The SMILES string of the molecule is O=[N+]([O-])c1ccc(CSc2nnc(-c3cccs3)n2-c2ccc(Cl)cc2)cc1. The summed E-state index contributed by atoms with van der Waals surface area (Å²) in [6.45, 7) is 0. The van der Waals surface area contributed by atoms with Crippen LogP contribution in [0.5, 0.6) is 0 Å². The van der Waals surface area contributed by atoms with E-state index in [2.05, 4.69) is 10.2 Å². The summed E-state index contributed by atoms with van der Waals surface area (Å²) in [5.41, 5.74) is 1.97. The number of thiophene rings is 1. The number of nitro groups is 1. The molecule has 0 fully saturated rings. The molecule has 28 heavy (non-hydrogen) atoms. The summed E-state index contributed by atoms with van der Waals surface area (Å²) in [6.07, 6.45) is 0. The molecule has 0 saturated carbocycles. The van der Waals surface area contributed by atoms with Gasteiger partial charge in [-0.25, -0.2) is 0 Å². The van der Waals surface area contributed by atoms with Crippen molar-refractivity contribution in [2.24, 2.45) is 0 Å². The third-order valence-corrected chi connectivity index (χ3v) is 6.09. The molecule has 0 amide bonds. The summed E-state index contributed by atoms with van der Waals surface area (Å²) < 4.78 is 2.00. The lowest BCUT2D eigenvalue weighted by Gasteiger charge is -2.09. The smallest absolute Gasteiger partial charge is 0.269 e. The lowest BCUT2D eigenvalue weighted by Crippen LogP contribution is -1.99. The van der Waals surface area contributed by atoms with E-state index in [1.807, 2.05) is 46.3 Å². The molecule has 140 valence electrons. The van der Waals surface area contributed by atoms with Crippen molar-refractivity contribution in [1.82, 2.24) is 14.8 Å². The van der Waals surface area contributed by atoms with Gasteiger partial charge >= 0.3 is 0 Å². The number of thioether (sulfide) groups is 1. The van der Waals surface area contributed by atoms with Crippen LogP contribution in [0, 0.1) is 10.1 Å². The van der Waals surface area contributed by atoms with E-state index in [0.29, 0.717) is 10.8 Å². The second-order valence-corrected chi connectivity index (χ2v) is 8.13. The fourth-order valence-electron chi connectivity index (χ4n) is 2.61. The number of benzene rings is 2. The Bertz CT molecular complexity index is 1090. The van der Waals surface area contributed by atoms with E-state index < -0.39 is 4.92 Å². The summed E-state index contributed by atoms with van der Waals surface area (Å²) in [7, 11) is 0. The van der Waals surface area contributed by atoms with Gasteiger partial charge in [-0.2, -0.15) is 0 Å². The second-order valence-electron chi connectivity index (χ2n) is 5.81. The molecule has 4 aromatic rings. The van der Waals surface area contributed by atoms with E-state index >= 15 is 0 Å². The first-order chi connectivity index (χ1) is 13.6. The van der Waals surface area contributed by atoms with Crippen LogP contribution in [0.15, 0.2) is 71.2 Å².